The Morgan fingerprint density at radius 3 is 2.27 bits per heavy atom. The summed E-state index contributed by atoms with van der Waals surface area (Å²) in [5.41, 5.74) is -0.741. The van der Waals surface area contributed by atoms with Gasteiger partial charge < -0.3 is 5.11 Å². The molecule has 30 heavy (non-hydrogen) atoms. The van der Waals surface area contributed by atoms with E-state index in [1.807, 2.05) is 6.92 Å². The molecular formula is C21H20F3NO4S. The number of benzene rings is 2. The Hall–Kier alpha value is -2.81. The molecule has 0 amide bonds. The zero-order valence-electron chi connectivity index (χ0n) is 16.3. The SMILES string of the molecule is CCCCc1c(C(=O)O)c2cc(C(F)(F)F)ccc2n1S(=O)(=O)c1ccc(C)cc1. The Balaban J connectivity index is 2.42. The molecule has 0 spiro atoms. The predicted molar refractivity (Wildman–Crippen MR) is 106 cm³/mol. The van der Waals surface area contributed by atoms with Gasteiger partial charge in [-0.3, -0.25) is 0 Å². The Labute approximate surface area is 171 Å². The Morgan fingerprint density at radius 1 is 1.10 bits per heavy atom. The van der Waals surface area contributed by atoms with Crippen LogP contribution in [0.25, 0.3) is 10.9 Å². The molecule has 3 rings (SSSR count). The first-order valence-electron chi connectivity index (χ1n) is 9.28. The van der Waals surface area contributed by atoms with Crippen LogP contribution in [-0.2, 0) is 22.6 Å². The van der Waals surface area contributed by atoms with Gasteiger partial charge in [0.1, 0.15) is 0 Å². The molecule has 0 saturated carbocycles. The monoisotopic (exact) mass is 439 g/mol. The van der Waals surface area contributed by atoms with Gasteiger partial charge in [-0.1, -0.05) is 31.0 Å². The molecule has 0 aliphatic rings. The highest BCUT2D eigenvalue weighted by molar-refractivity contribution is 7.90. The van der Waals surface area contributed by atoms with Crippen molar-refractivity contribution in [2.45, 2.75) is 44.2 Å². The number of hydrogen-bond acceptors (Lipinski definition) is 3. The van der Waals surface area contributed by atoms with Crippen molar-refractivity contribution in [3.8, 4) is 0 Å². The van der Waals surface area contributed by atoms with Crippen LogP contribution in [0.2, 0.25) is 0 Å². The normalized spacial score (nSPS) is 12.4. The van der Waals surface area contributed by atoms with Gasteiger partial charge in [0, 0.05) is 5.39 Å². The second kappa shape index (κ2) is 7.79. The second-order valence-corrected chi connectivity index (χ2v) is 8.83. The summed E-state index contributed by atoms with van der Waals surface area (Å²) in [6.07, 6.45) is -3.46. The van der Waals surface area contributed by atoms with Gasteiger partial charge >= 0.3 is 12.1 Å². The van der Waals surface area contributed by atoms with E-state index in [0.29, 0.717) is 18.9 Å². The van der Waals surface area contributed by atoms with E-state index in [1.165, 1.54) is 12.1 Å². The van der Waals surface area contributed by atoms with E-state index in [-0.39, 0.29) is 27.9 Å². The smallest absolute Gasteiger partial charge is 0.416 e. The Morgan fingerprint density at radius 2 is 1.73 bits per heavy atom. The first kappa shape index (κ1) is 21.9. The van der Waals surface area contributed by atoms with Crippen LogP contribution >= 0.6 is 0 Å². The third-order valence-corrected chi connectivity index (χ3v) is 6.65. The molecule has 1 N–H and O–H groups in total. The van der Waals surface area contributed by atoms with Gasteiger partial charge in [-0.15, -0.1) is 0 Å². The molecule has 0 saturated heterocycles. The highest BCUT2D eigenvalue weighted by Crippen LogP contribution is 2.36. The molecule has 9 heteroatoms. The molecular weight excluding hydrogens is 419 g/mol. The number of aryl methyl sites for hydroxylation is 1. The van der Waals surface area contributed by atoms with Crippen molar-refractivity contribution < 1.29 is 31.5 Å². The van der Waals surface area contributed by atoms with E-state index in [0.717, 1.165) is 21.7 Å². The summed E-state index contributed by atoms with van der Waals surface area (Å²) in [5, 5.41) is 9.50. The largest absolute Gasteiger partial charge is 0.478 e. The number of aromatic nitrogens is 1. The van der Waals surface area contributed by atoms with Crippen LogP contribution in [0.5, 0.6) is 0 Å². The van der Waals surface area contributed by atoms with Crippen LogP contribution < -0.4 is 0 Å². The van der Waals surface area contributed by atoms with Crippen molar-refractivity contribution in [3.05, 3.63) is 64.8 Å². The summed E-state index contributed by atoms with van der Waals surface area (Å²) >= 11 is 0. The van der Waals surface area contributed by atoms with Gasteiger partial charge in [0.05, 0.1) is 27.2 Å². The predicted octanol–water partition coefficient (Wildman–Crippen LogP) is 5.25. The number of fused-ring (bicyclic) bond motifs is 1. The van der Waals surface area contributed by atoms with E-state index in [4.69, 9.17) is 0 Å². The summed E-state index contributed by atoms with van der Waals surface area (Å²) in [4.78, 5) is 11.9. The first-order chi connectivity index (χ1) is 14.0. The van der Waals surface area contributed by atoms with Gasteiger partial charge in [0.25, 0.3) is 10.0 Å². The maximum Gasteiger partial charge on any atom is 0.416 e. The standard InChI is InChI=1S/C21H20F3NO4S/c1-3-4-5-18-19(20(26)27)16-12-14(21(22,23)24)8-11-17(16)25(18)30(28,29)15-9-6-13(2)7-10-15/h6-12H,3-5H2,1-2H3,(H,26,27). The quantitative estimate of drug-likeness (QED) is 0.569. The van der Waals surface area contributed by atoms with E-state index < -0.39 is 33.3 Å². The lowest BCUT2D eigenvalue weighted by atomic mass is 10.1. The highest BCUT2D eigenvalue weighted by Gasteiger charge is 2.34. The third-order valence-electron chi connectivity index (χ3n) is 4.89. The van der Waals surface area contributed by atoms with Gasteiger partial charge in [0.15, 0.2) is 0 Å². The zero-order valence-corrected chi connectivity index (χ0v) is 17.1. The Kier molecular flexibility index (Phi) is 5.68. The molecule has 3 aromatic rings. The fourth-order valence-electron chi connectivity index (χ4n) is 3.39. The summed E-state index contributed by atoms with van der Waals surface area (Å²) in [5.74, 6) is -1.47. The van der Waals surface area contributed by atoms with Crippen molar-refractivity contribution in [2.75, 3.05) is 0 Å². The van der Waals surface area contributed by atoms with Gasteiger partial charge in [-0.2, -0.15) is 13.2 Å². The lowest BCUT2D eigenvalue weighted by molar-refractivity contribution is -0.137. The van der Waals surface area contributed by atoms with E-state index in [2.05, 4.69) is 0 Å². The number of halogens is 3. The Bertz CT molecular complexity index is 1210. The van der Waals surface area contributed by atoms with Crippen molar-refractivity contribution in [2.24, 2.45) is 0 Å². The van der Waals surface area contributed by atoms with E-state index in [1.54, 1.807) is 19.1 Å². The molecule has 0 unspecified atom stereocenters. The number of unbranched alkanes of at least 4 members (excludes halogenated alkanes) is 1. The number of rotatable bonds is 6. The van der Waals surface area contributed by atoms with Gasteiger partial charge in [-0.05, 0) is 50.1 Å². The fourth-order valence-corrected chi connectivity index (χ4v) is 4.97. The molecule has 0 aliphatic heterocycles. The van der Waals surface area contributed by atoms with E-state index >= 15 is 0 Å². The van der Waals surface area contributed by atoms with Crippen molar-refractivity contribution >= 4 is 26.9 Å². The molecule has 0 radical (unpaired) electrons. The van der Waals surface area contributed by atoms with Crippen molar-refractivity contribution in [3.63, 3.8) is 0 Å². The van der Waals surface area contributed by atoms with Crippen LogP contribution in [0.15, 0.2) is 47.4 Å². The van der Waals surface area contributed by atoms with Gasteiger partial charge in [-0.25, -0.2) is 17.2 Å². The average Bonchev–Trinajstić information content (AvgIpc) is 3.00. The van der Waals surface area contributed by atoms with Crippen LogP contribution in [0.4, 0.5) is 13.2 Å². The molecule has 1 heterocycles. The van der Waals surface area contributed by atoms with Crippen LogP contribution in [0.3, 0.4) is 0 Å². The molecule has 1 aromatic heterocycles. The number of carboxylic acids is 1. The maximum atomic E-state index is 13.4. The van der Waals surface area contributed by atoms with Gasteiger partial charge in [0.2, 0.25) is 0 Å². The van der Waals surface area contributed by atoms with Crippen molar-refractivity contribution in [1.29, 1.82) is 0 Å². The minimum atomic E-state index is -4.69. The number of nitrogens with zero attached hydrogens (tertiary/aromatic N) is 1. The second-order valence-electron chi connectivity index (χ2n) is 7.04. The minimum absolute atomic E-state index is 0.0285. The summed E-state index contributed by atoms with van der Waals surface area (Å²) in [6, 6.07) is 8.48. The number of carbonyl (C=O) groups is 1. The van der Waals surface area contributed by atoms with Crippen LogP contribution in [0.1, 0.15) is 46.9 Å². The van der Waals surface area contributed by atoms with E-state index in [9.17, 15) is 31.5 Å². The topological polar surface area (TPSA) is 76.4 Å². The minimum Gasteiger partial charge on any atom is -0.478 e. The molecule has 160 valence electrons. The first-order valence-corrected chi connectivity index (χ1v) is 10.7. The summed E-state index contributed by atoms with van der Waals surface area (Å²) in [7, 11) is -4.23. The zero-order chi connectivity index (χ0) is 22.3. The average molecular weight is 439 g/mol. The molecule has 0 aliphatic carbocycles. The summed E-state index contributed by atoms with van der Waals surface area (Å²) in [6.45, 7) is 3.64. The maximum absolute atomic E-state index is 13.4. The molecule has 2 aromatic carbocycles. The number of carboxylic acid groups (broad SMARTS) is 1. The number of hydrogen-bond donors (Lipinski definition) is 1. The van der Waals surface area contributed by atoms with Crippen molar-refractivity contribution in [1.82, 2.24) is 3.97 Å². The van der Waals surface area contributed by atoms with Crippen LogP contribution in [-0.4, -0.2) is 23.5 Å². The van der Waals surface area contributed by atoms with Crippen LogP contribution in [0, 0.1) is 6.92 Å². The lowest BCUT2D eigenvalue weighted by Crippen LogP contribution is -2.17. The molecule has 0 atom stereocenters. The molecule has 5 nitrogen and oxygen atoms in total. The highest BCUT2D eigenvalue weighted by atomic mass is 32.2. The molecule has 0 bridgehead atoms. The number of alkyl halides is 3. The third kappa shape index (κ3) is 3.81. The fraction of sp³-hybridized carbons (Fsp3) is 0.286. The molecule has 0 fully saturated rings. The lowest BCUT2D eigenvalue weighted by Gasteiger charge is -2.13. The number of aromatic carboxylic acids is 1. The summed E-state index contributed by atoms with van der Waals surface area (Å²) < 4.78 is 67.4.